The second-order valence-electron chi connectivity index (χ2n) is 5.63. The van der Waals surface area contributed by atoms with Gasteiger partial charge in [-0.1, -0.05) is 30.3 Å². The van der Waals surface area contributed by atoms with E-state index >= 15 is 0 Å². The lowest BCUT2D eigenvalue weighted by molar-refractivity contribution is -0.129. The molecule has 8 nitrogen and oxygen atoms in total. The summed E-state index contributed by atoms with van der Waals surface area (Å²) < 4.78 is 28.5. The Bertz CT molecular complexity index is 957. The summed E-state index contributed by atoms with van der Waals surface area (Å²) in [5.41, 5.74) is 4.52. The van der Waals surface area contributed by atoms with E-state index in [0.29, 0.717) is 5.56 Å². The van der Waals surface area contributed by atoms with Crippen LogP contribution in [0.15, 0.2) is 59.5 Å². The molecule has 9 heteroatoms. The summed E-state index contributed by atoms with van der Waals surface area (Å²) in [5, 5.41) is 0. The van der Waals surface area contributed by atoms with Crippen LogP contribution in [-0.2, 0) is 19.4 Å². The number of amides is 2. The number of carbonyl (C=O) groups is 3. The Morgan fingerprint density at radius 2 is 1.52 bits per heavy atom. The first-order valence-electron chi connectivity index (χ1n) is 7.85. The number of sulfone groups is 1. The van der Waals surface area contributed by atoms with Crippen LogP contribution in [0.4, 0.5) is 0 Å². The van der Waals surface area contributed by atoms with Crippen molar-refractivity contribution < 1.29 is 27.5 Å². The number of hydrogen-bond acceptors (Lipinski definition) is 6. The normalized spacial score (nSPS) is 11.9. The van der Waals surface area contributed by atoms with Gasteiger partial charge in [-0.2, -0.15) is 0 Å². The van der Waals surface area contributed by atoms with Crippen LogP contribution < -0.4 is 10.9 Å². The van der Waals surface area contributed by atoms with Crippen molar-refractivity contribution in [3.63, 3.8) is 0 Å². The molecule has 0 bridgehead atoms. The molecule has 0 unspecified atom stereocenters. The highest BCUT2D eigenvalue weighted by atomic mass is 32.2. The smallest absolute Gasteiger partial charge is 0.340 e. The molecule has 2 amide bonds. The average Bonchev–Trinajstić information content (AvgIpc) is 2.65. The molecule has 0 aromatic heterocycles. The van der Waals surface area contributed by atoms with Crippen molar-refractivity contribution in [2.45, 2.75) is 17.9 Å². The van der Waals surface area contributed by atoms with Gasteiger partial charge in [0.15, 0.2) is 15.9 Å². The minimum Gasteiger partial charge on any atom is -0.449 e. The molecule has 2 rings (SSSR count). The lowest BCUT2D eigenvalue weighted by atomic mass is 10.2. The molecule has 1 atom stereocenters. The summed E-state index contributed by atoms with van der Waals surface area (Å²) in [4.78, 5) is 35.9. The van der Waals surface area contributed by atoms with Crippen LogP contribution in [0, 0.1) is 0 Å². The topological polar surface area (TPSA) is 119 Å². The third-order valence-electron chi connectivity index (χ3n) is 3.49. The molecular formula is C18H18N2O6S. The highest BCUT2D eigenvalue weighted by molar-refractivity contribution is 7.90. The Morgan fingerprint density at radius 3 is 2.15 bits per heavy atom. The van der Waals surface area contributed by atoms with Gasteiger partial charge in [0.05, 0.1) is 10.5 Å². The van der Waals surface area contributed by atoms with Crippen molar-refractivity contribution in [1.82, 2.24) is 10.9 Å². The van der Waals surface area contributed by atoms with Crippen molar-refractivity contribution >= 4 is 27.6 Å². The number of nitrogens with one attached hydrogen (secondary N) is 2. The van der Waals surface area contributed by atoms with E-state index in [-0.39, 0.29) is 10.5 Å². The van der Waals surface area contributed by atoms with E-state index in [1.165, 1.54) is 31.2 Å². The maximum absolute atomic E-state index is 12.2. The Labute approximate surface area is 156 Å². The van der Waals surface area contributed by atoms with Gasteiger partial charge in [0, 0.05) is 11.8 Å². The number of rotatable bonds is 5. The molecule has 2 N–H and O–H groups in total. The van der Waals surface area contributed by atoms with Gasteiger partial charge in [-0.25, -0.2) is 13.2 Å². The summed E-state index contributed by atoms with van der Waals surface area (Å²) in [7, 11) is -3.65. The fourth-order valence-electron chi connectivity index (χ4n) is 2.12. The molecule has 0 aliphatic carbocycles. The minimum atomic E-state index is -3.65. The molecule has 0 saturated carbocycles. The van der Waals surface area contributed by atoms with E-state index in [2.05, 4.69) is 10.9 Å². The zero-order chi connectivity index (χ0) is 20.0. The summed E-state index contributed by atoms with van der Waals surface area (Å²) >= 11 is 0. The first-order valence-corrected chi connectivity index (χ1v) is 9.74. The summed E-state index contributed by atoms with van der Waals surface area (Å²) in [6, 6.07) is 13.7. The SMILES string of the molecule is C[C@@H](OC(=O)c1ccccc1S(C)(=O)=O)C(=O)NNC(=O)c1ccccc1. The maximum Gasteiger partial charge on any atom is 0.340 e. The summed E-state index contributed by atoms with van der Waals surface area (Å²) in [6.07, 6.45) is -0.296. The summed E-state index contributed by atoms with van der Waals surface area (Å²) in [5.74, 6) is -2.28. The summed E-state index contributed by atoms with van der Waals surface area (Å²) in [6.45, 7) is 1.30. The van der Waals surface area contributed by atoms with Crippen LogP contribution in [0.1, 0.15) is 27.6 Å². The van der Waals surface area contributed by atoms with E-state index in [1.54, 1.807) is 30.3 Å². The van der Waals surface area contributed by atoms with Crippen LogP contribution in [-0.4, -0.2) is 38.6 Å². The van der Waals surface area contributed by atoms with E-state index in [1.807, 2.05) is 0 Å². The standard InChI is InChI=1S/C18H18N2O6S/c1-12(16(21)19-20-17(22)13-8-4-3-5-9-13)26-18(23)14-10-6-7-11-15(14)27(2,24)25/h3-12H,1-2H3,(H,19,21)(H,20,22)/t12-/m1/s1. The molecule has 0 aliphatic heterocycles. The number of benzene rings is 2. The molecule has 0 spiro atoms. The zero-order valence-corrected chi connectivity index (χ0v) is 15.4. The number of ether oxygens (including phenoxy) is 1. The molecule has 0 saturated heterocycles. The number of hydrazine groups is 1. The Balaban J connectivity index is 1.99. The lowest BCUT2D eigenvalue weighted by Crippen LogP contribution is -2.46. The minimum absolute atomic E-state index is 0.173. The highest BCUT2D eigenvalue weighted by Crippen LogP contribution is 2.17. The molecule has 2 aromatic carbocycles. The van der Waals surface area contributed by atoms with Crippen molar-refractivity contribution in [2.75, 3.05) is 6.26 Å². The predicted octanol–water partition coefficient (Wildman–Crippen LogP) is 1.10. The molecule has 0 heterocycles. The second kappa shape index (κ2) is 8.45. The van der Waals surface area contributed by atoms with Crippen molar-refractivity contribution in [3.8, 4) is 0 Å². The molecule has 0 radical (unpaired) electrons. The van der Waals surface area contributed by atoms with Gasteiger partial charge in [0.1, 0.15) is 0 Å². The lowest BCUT2D eigenvalue weighted by Gasteiger charge is -2.15. The molecule has 27 heavy (non-hydrogen) atoms. The zero-order valence-electron chi connectivity index (χ0n) is 14.6. The Kier molecular flexibility index (Phi) is 6.30. The van der Waals surface area contributed by atoms with Crippen LogP contribution in [0.25, 0.3) is 0 Å². The Morgan fingerprint density at radius 1 is 0.926 bits per heavy atom. The number of esters is 1. The third kappa shape index (κ3) is 5.38. The quantitative estimate of drug-likeness (QED) is 0.583. The largest absolute Gasteiger partial charge is 0.449 e. The second-order valence-corrected chi connectivity index (χ2v) is 7.61. The van der Waals surface area contributed by atoms with E-state index in [4.69, 9.17) is 4.74 Å². The molecule has 0 aliphatic rings. The molecule has 142 valence electrons. The van der Waals surface area contributed by atoms with Gasteiger partial charge >= 0.3 is 5.97 Å². The van der Waals surface area contributed by atoms with Gasteiger partial charge in [0.25, 0.3) is 11.8 Å². The van der Waals surface area contributed by atoms with Gasteiger partial charge in [-0.3, -0.25) is 20.4 Å². The van der Waals surface area contributed by atoms with E-state index in [9.17, 15) is 22.8 Å². The highest BCUT2D eigenvalue weighted by Gasteiger charge is 2.24. The maximum atomic E-state index is 12.2. The third-order valence-corrected chi connectivity index (χ3v) is 4.65. The van der Waals surface area contributed by atoms with Gasteiger partial charge < -0.3 is 4.74 Å². The first kappa shape index (κ1) is 20.1. The first-order chi connectivity index (χ1) is 12.7. The number of carbonyl (C=O) groups excluding carboxylic acids is 3. The monoisotopic (exact) mass is 390 g/mol. The van der Waals surface area contributed by atoms with Crippen LogP contribution >= 0.6 is 0 Å². The van der Waals surface area contributed by atoms with Crippen LogP contribution in [0.3, 0.4) is 0 Å². The average molecular weight is 390 g/mol. The molecule has 0 fully saturated rings. The van der Waals surface area contributed by atoms with E-state index < -0.39 is 33.7 Å². The fraction of sp³-hybridized carbons (Fsp3) is 0.167. The van der Waals surface area contributed by atoms with Crippen molar-refractivity contribution in [2.24, 2.45) is 0 Å². The predicted molar refractivity (Wildman–Crippen MR) is 96.5 cm³/mol. The van der Waals surface area contributed by atoms with Gasteiger partial charge in [0.2, 0.25) is 0 Å². The van der Waals surface area contributed by atoms with E-state index in [0.717, 1.165) is 6.26 Å². The Hall–Kier alpha value is -3.20. The molecular weight excluding hydrogens is 372 g/mol. The van der Waals surface area contributed by atoms with Gasteiger partial charge in [-0.05, 0) is 31.2 Å². The van der Waals surface area contributed by atoms with Crippen LogP contribution in [0.5, 0.6) is 0 Å². The van der Waals surface area contributed by atoms with Crippen molar-refractivity contribution in [3.05, 3.63) is 65.7 Å². The fourth-order valence-corrected chi connectivity index (χ4v) is 2.99. The van der Waals surface area contributed by atoms with Crippen molar-refractivity contribution in [1.29, 1.82) is 0 Å². The number of hydrogen-bond donors (Lipinski definition) is 2. The van der Waals surface area contributed by atoms with Gasteiger partial charge in [-0.15, -0.1) is 0 Å². The molecule has 2 aromatic rings. The van der Waals surface area contributed by atoms with Crippen LogP contribution in [0.2, 0.25) is 0 Å².